The van der Waals surface area contributed by atoms with Crippen LogP contribution in [0.1, 0.15) is 17.8 Å². The minimum atomic E-state index is 0.353. The van der Waals surface area contributed by atoms with Crippen LogP contribution in [0.2, 0.25) is 0 Å². The predicted molar refractivity (Wildman–Crippen MR) is 72.5 cm³/mol. The fraction of sp³-hybridized carbons (Fsp3) is 0.692. The standard InChI is InChI=1S/C13H22N2OS/c1-13(9-16-10-13)8-14-7-11(15(2)3)12-5-4-6-17-12/h4-6,11,14H,7-10H2,1-3H3. The van der Waals surface area contributed by atoms with Gasteiger partial charge in [0.2, 0.25) is 0 Å². The molecule has 1 aromatic rings. The van der Waals surface area contributed by atoms with Crippen molar-refractivity contribution in [1.82, 2.24) is 10.2 Å². The molecule has 96 valence electrons. The average molecular weight is 254 g/mol. The second-order valence-corrected chi connectivity index (χ2v) is 6.41. The summed E-state index contributed by atoms with van der Waals surface area (Å²) in [5.41, 5.74) is 0.353. The number of nitrogens with zero attached hydrogens (tertiary/aromatic N) is 1. The maximum Gasteiger partial charge on any atom is 0.0561 e. The molecule has 2 rings (SSSR count). The molecule has 1 aromatic heterocycles. The normalized spacial score (nSPS) is 20.2. The molecule has 0 bridgehead atoms. The first kappa shape index (κ1) is 13.0. The van der Waals surface area contributed by atoms with E-state index in [0.29, 0.717) is 11.5 Å². The number of thiophene rings is 1. The molecule has 1 N–H and O–H groups in total. The zero-order valence-corrected chi connectivity index (χ0v) is 11.7. The van der Waals surface area contributed by atoms with Gasteiger partial charge in [0.25, 0.3) is 0 Å². The van der Waals surface area contributed by atoms with Crippen LogP contribution in [-0.2, 0) is 4.74 Å². The van der Waals surface area contributed by atoms with Gasteiger partial charge in [0.15, 0.2) is 0 Å². The Morgan fingerprint density at radius 2 is 2.29 bits per heavy atom. The topological polar surface area (TPSA) is 24.5 Å². The summed E-state index contributed by atoms with van der Waals surface area (Å²) in [6.45, 7) is 6.11. The minimum absolute atomic E-state index is 0.353. The lowest BCUT2D eigenvalue weighted by Crippen LogP contribution is -2.48. The van der Waals surface area contributed by atoms with Crippen molar-refractivity contribution < 1.29 is 4.74 Å². The van der Waals surface area contributed by atoms with Gasteiger partial charge in [-0.1, -0.05) is 13.0 Å². The number of nitrogens with one attached hydrogen (secondary N) is 1. The number of hydrogen-bond acceptors (Lipinski definition) is 4. The number of rotatable bonds is 6. The van der Waals surface area contributed by atoms with Crippen LogP contribution in [0, 0.1) is 5.41 Å². The molecular formula is C13H22N2OS. The van der Waals surface area contributed by atoms with Crippen molar-refractivity contribution >= 4 is 11.3 Å². The van der Waals surface area contributed by atoms with E-state index in [0.717, 1.165) is 26.3 Å². The van der Waals surface area contributed by atoms with Crippen molar-refractivity contribution in [2.24, 2.45) is 5.41 Å². The van der Waals surface area contributed by atoms with Crippen molar-refractivity contribution in [3.05, 3.63) is 22.4 Å². The molecule has 1 aliphatic heterocycles. The van der Waals surface area contributed by atoms with Crippen LogP contribution in [0.3, 0.4) is 0 Å². The van der Waals surface area contributed by atoms with Crippen molar-refractivity contribution in [3.8, 4) is 0 Å². The molecular weight excluding hydrogens is 232 g/mol. The Labute approximate surface area is 108 Å². The van der Waals surface area contributed by atoms with Gasteiger partial charge in [-0.3, -0.25) is 0 Å². The molecule has 3 nitrogen and oxygen atoms in total. The van der Waals surface area contributed by atoms with Crippen molar-refractivity contribution in [3.63, 3.8) is 0 Å². The predicted octanol–water partition coefficient (Wildman–Crippen LogP) is 1.98. The first-order chi connectivity index (χ1) is 8.11. The molecule has 4 heteroatoms. The molecule has 17 heavy (non-hydrogen) atoms. The Bertz CT molecular complexity index is 333. The average Bonchev–Trinajstić information content (AvgIpc) is 2.74. The zero-order valence-electron chi connectivity index (χ0n) is 10.9. The Kier molecular flexibility index (Phi) is 4.20. The van der Waals surface area contributed by atoms with E-state index < -0.39 is 0 Å². The van der Waals surface area contributed by atoms with Gasteiger partial charge >= 0.3 is 0 Å². The Morgan fingerprint density at radius 1 is 1.53 bits per heavy atom. The molecule has 2 heterocycles. The summed E-state index contributed by atoms with van der Waals surface area (Å²) < 4.78 is 5.27. The summed E-state index contributed by atoms with van der Waals surface area (Å²) in [5.74, 6) is 0. The molecule has 0 amide bonds. The van der Waals surface area contributed by atoms with Crippen molar-refractivity contribution in [1.29, 1.82) is 0 Å². The fourth-order valence-electron chi connectivity index (χ4n) is 2.08. The van der Waals surface area contributed by atoms with E-state index in [1.54, 1.807) is 0 Å². The second kappa shape index (κ2) is 5.48. The van der Waals surface area contributed by atoms with Crippen molar-refractivity contribution in [2.75, 3.05) is 40.4 Å². The van der Waals surface area contributed by atoms with Crippen LogP contribution >= 0.6 is 11.3 Å². The third-order valence-electron chi connectivity index (χ3n) is 3.29. The molecule has 0 radical (unpaired) electrons. The van der Waals surface area contributed by atoms with E-state index in [2.05, 4.69) is 48.7 Å². The zero-order chi connectivity index (χ0) is 12.3. The van der Waals surface area contributed by atoms with Gasteiger partial charge in [0.1, 0.15) is 0 Å². The summed E-state index contributed by atoms with van der Waals surface area (Å²) in [4.78, 5) is 3.70. The highest BCUT2D eigenvalue weighted by molar-refractivity contribution is 7.10. The summed E-state index contributed by atoms with van der Waals surface area (Å²) in [5, 5.41) is 5.73. The van der Waals surface area contributed by atoms with Gasteiger partial charge in [-0.2, -0.15) is 0 Å². The molecule has 0 aromatic carbocycles. The Balaban J connectivity index is 1.82. The van der Waals surface area contributed by atoms with Crippen LogP contribution in [0.5, 0.6) is 0 Å². The lowest BCUT2D eigenvalue weighted by molar-refractivity contribution is -0.0992. The molecule has 0 saturated carbocycles. The van der Waals surface area contributed by atoms with Gasteiger partial charge in [0.05, 0.1) is 19.3 Å². The van der Waals surface area contributed by atoms with Gasteiger partial charge in [-0.25, -0.2) is 0 Å². The lowest BCUT2D eigenvalue weighted by atomic mass is 9.89. The van der Waals surface area contributed by atoms with E-state index in [9.17, 15) is 0 Å². The van der Waals surface area contributed by atoms with E-state index in [1.165, 1.54) is 4.88 Å². The highest BCUT2D eigenvalue weighted by Crippen LogP contribution is 2.26. The molecule has 0 spiro atoms. The molecule has 1 unspecified atom stereocenters. The third kappa shape index (κ3) is 3.28. The summed E-state index contributed by atoms with van der Waals surface area (Å²) in [7, 11) is 4.28. The Hall–Kier alpha value is -0.420. The largest absolute Gasteiger partial charge is 0.380 e. The van der Waals surface area contributed by atoms with Gasteiger partial charge < -0.3 is 15.0 Å². The quantitative estimate of drug-likeness (QED) is 0.840. The maximum absolute atomic E-state index is 5.27. The molecule has 1 saturated heterocycles. The highest BCUT2D eigenvalue weighted by atomic mass is 32.1. The van der Waals surface area contributed by atoms with E-state index in [4.69, 9.17) is 4.74 Å². The summed E-state index contributed by atoms with van der Waals surface area (Å²) in [6, 6.07) is 4.81. The minimum Gasteiger partial charge on any atom is -0.380 e. The third-order valence-corrected chi connectivity index (χ3v) is 4.26. The van der Waals surface area contributed by atoms with Gasteiger partial charge in [0, 0.05) is 23.4 Å². The number of hydrogen-bond donors (Lipinski definition) is 1. The fourth-order valence-corrected chi connectivity index (χ4v) is 3.00. The van der Waals surface area contributed by atoms with Crippen LogP contribution < -0.4 is 5.32 Å². The second-order valence-electron chi connectivity index (χ2n) is 5.43. The number of ether oxygens (including phenoxy) is 1. The van der Waals surface area contributed by atoms with Crippen LogP contribution in [-0.4, -0.2) is 45.3 Å². The van der Waals surface area contributed by atoms with Gasteiger partial charge in [-0.05, 0) is 25.5 Å². The van der Waals surface area contributed by atoms with Gasteiger partial charge in [-0.15, -0.1) is 11.3 Å². The molecule has 0 aliphatic carbocycles. The van der Waals surface area contributed by atoms with E-state index in [-0.39, 0.29) is 0 Å². The van der Waals surface area contributed by atoms with E-state index >= 15 is 0 Å². The molecule has 1 fully saturated rings. The first-order valence-corrected chi connectivity index (χ1v) is 6.97. The first-order valence-electron chi connectivity index (χ1n) is 6.09. The summed E-state index contributed by atoms with van der Waals surface area (Å²) >= 11 is 1.83. The molecule has 1 aliphatic rings. The number of likely N-dealkylation sites (N-methyl/N-ethyl adjacent to an activating group) is 1. The van der Waals surface area contributed by atoms with E-state index in [1.807, 2.05) is 11.3 Å². The lowest BCUT2D eigenvalue weighted by Gasteiger charge is -2.38. The SMILES string of the molecule is CN(C)C(CNCC1(C)COC1)c1cccs1. The molecule has 1 atom stereocenters. The highest BCUT2D eigenvalue weighted by Gasteiger charge is 2.33. The van der Waals surface area contributed by atoms with Crippen LogP contribution in [0.15, 0.2) is 17.5 Å². The smallest absolute Gasteiger partial charge is 0.0561 e. The Morgan fingerprint density at radius 3 is 2.76 bits per heavy atom. The maximum atomic E-state index is 5.27. The van der Waals surface area contributed by atoms with Crippen molar-refractivity contribution in [2.45, 2.75) is 13.0 Å². The van der Waals surface area contributed by atoms with Crippen LogP contribution in [0.4, 0.5) is 0 Å². The summed E-state index contributed by atoms with van der Waals surface area (Å²) in [6.07, 6.45) is 0. The monoisotopic (exact) mass is 254 g/mol. The van der Waals surface area contributed by atoms with Crippen LogP contribution in [0.25, 0.3) is 0 Å².